The van der Waals surface area contributed by atoms with Crippen molar-refractivity contribution < 1.29 is 13.6 Å². The van der Waals surface area contributed by atoms with Crippen molar-refractivity contribution in [1.29, 1.82) is 0 Å². The fourth-order valence-corrected chi connectivity index (χ4v) is 2.53. The molecular weight excluding hydrogens is 303 g/mol. The second kappa shape index (κ2) is 5.81. The molecule has 0 saturated heterocycles. The molecule has 0 saturated carbocycles. The van der Waals surface area contributed by atoms with E-state index in [-0.39, 0.29) is 17.5 Å². The Morgan fingerprint density at radius 1 is 1.32 bits per heavy atom. The van der Waals surface area contributed by atoms with Gasteiger partial charge in [0.2, 0.25) is 0 Å². The first-order valence-corrected chi connectivity index (χ1v) is 7.81. The molecule has 0 unspecified atom stereocenters. The van der Waals surface area contributed by atoms with E-state index in [1.54, 1.807) is 19.2 Å². The Bertz CT molecular complexity index is 843. The van der Waals surface area contributed by atoms with E-state index in [9.17, 15) is 9.18 Å². The van der Waals surface area contributed by atoms with E-state index in [1.165, 1.54) is 30.0 Å². The molecule has 3 rings (SSSR count). The smallest absolute Gasteiger partial charge is 0.291 e. The summed E-state index contributed by atoms with van der Waals surface area (Å²) < 4.78 is 18.8. The van der Waals surface area contributed by atoms with Gasteiger partial charge in [-0.15, -0.1) is 11.8 Å². The van der Waals surface area contributed by atoms with E-state index in [4.69, 9.17) is 4.42 Å². The van der Waals surface area contributed by atoms with Gasteiger partial charge < -0.3 is 9.73 Å². The largest absolute Gasteiger partial charge is 0.451 e. The Balaban J connectivity index is 1.89. The molecule has 112 valence electrons. The molecule has 0 aliphatic rings. The van der Waals surface area contributed by atoms with Gasteiger partial charge >= 0.3 is 0 Å². The third-order valence-electron chi connectivity index (χ3n) is 3.31. The third-order valence-corrected chi connectivity index (χ3v) is 3.97. The number of carbonyl (C=O) groups is 1. The Kier molecular flexibility index (Phi) is 3.85. The predicted molar refractivity (Wildman–Crippen MR) is 84.9 cm³/mol. The lowest BCUT2D eigenvalue weighted by molar-refractivity contribution is 0.0998. The normalized spacial score (nSPS) is 10.9. The molecule has 3 aromatic rings. The fourth-order valence-electron chi connectivity index (χ4n) is 2.17. The fraction of sp³-hybridized carbons (Fsp3) is 0.125. The molecule has 1 amide bonds. The van der Waals surface area contributed by atoms with Gasteiger partial charge in [0, 0.05) is 10.9 Å². The number of halogens is 1. The maximum absolute atomic E-state index is 13.3. The number of aromatic nitrogens is 1. The molecule has 0 radical (unpaired) electrons. The van der Waals surface area contributed by atoms with Crippen LogP contribution in [0.3, 0.4) is 0 Å². The van der Waals surface area contributed by atoms with E-state index in [0.29, 0.717) is 22.2 Å². The lowest BCUT2D eigenvalue weighted by Gasteiger charge is -2.04. The van der Waals surface area contributed by atoms with Crippen LogP contribution in [0.4, 0.5) is 10.1 Å². The first kappa shape index (κ1) is 14.6. The van der Waals surface area contributed by atoms with Crippen LogP contribution in [0.2, 0.25) is 0 Å². The number of nitrogens with one attached hydrogen (secondary N) is 1. The van der Waals surface area contributed by atoms with Crippen LogP contribution in [-0.4, -0.2) is 17.1 Å². The molecule has 2 heterocycles. The SMILES string of the molecule is CSc1ccc(NC(=O)c2oc3ccc(F)cc3c2C)cn1. The zero-order valence-electron chi connectivity index (χ0n) is 12.0. The van der Waals surface area contributed by atoms with Crippen LogP contribution in [0, 0.1) is 12.7 Å². The van der Waals surface area contributed by atoms with Gasteiger partial charge in [0.05, 0.1) is 16.9 Å². The van der Waals surface area contributed by atoms with Crippen LogP contribution in [0.15, 0.2) is 46.0 Å². The second-order valence-electron chi connectivity index (χ2n) is 4.74. The lowest BCUT2D eigenvalue weighted by atomic mass is 10.1. The Morgan fingerprint density at radius 3 is 2.82 bits per heavy atom. The number of anilines is 1. The molecule has 1 N–H and O–H groups in total. The van der Waals surface area contributed by atoms with Gasteiger partial charge in [-0.3, -0.25) is 4.79 Å². The van der Waals surface area contributed by atoms with E-state index in [2.05, 4.69) is 10.3 Å². The minimum absolute atomic E-state index is 0.176. The van der Waals surface area contributed by atoms with Crippen molar-refractivity contribution in [3.8, 4) is 0 Å². The van der Waals surface area contributed by atoms with Crippen LogP contribution in [-0.2, 0) is 0 Å². The molecule has 4 nitrogen and oxygen atoms in total. The van der Waals surface area contributed by atoms with Gasteiger partial charge in [-0.1, -0.05) is 0 Å². The van der Waals surface area contributed by atoms with Crippen molar-refractivity contribution in [2.24, 2.45) is 0 Å². The molecule has 0 spiro atoms. The van der Waals surface area contributed by atoms with Crippen LogP contribution < -0.4 is 5.32 Å². The number of nitrogens with zero attached hydrogens (tertiary/aromatic N) is 1. The highest BCUT2D eigenvalue weighted by atomic mass is 32.2. The molecule has 1 aromatic carbocycles. The van der Waals surface area contributed by atoms with Crippen LogP contribution in [0.25, 0.3) is 11.0 Å². The van der Waals surface area contributed by atoms with E-state index in [1.807, 2.05) is 12.3 Å². The maximum Gasteiger partial charge on any atom is 0.291 e. The van der Waals surface area contributed by atoms with E-state index >= 15 is 0 Å². The van der Waals surface area contributed by atoms with Crippen molar-refractivity contribution >= 4 is 34.3 Å². The number of amides is 1. The average Bonchev–Trinajstić information content (AvgIpc) is 2.85. The summed E-state index contributed by atoms with van der Waals surface area (Å²) >= 11 is 1.52. The van der Waals surface area contributed by atoms with E-state index < -0.39 is 0 Å². The van der Waals surface area contributed by atoms with Gasteiger partial charge in [-0.05, 0) is 43.5 Å². The summed E-state index contributed by atoms with van der Waals surface area (Å²) in [5.74, 6) is -0.567. The highest BCUT2D eigenvalue weighted by Gasteiger charge is 2.18. The topological polar surface area (TPSA) is 55.1 Å². The highest BCUT2D eigenvalue weighted by Crippen LogP contribution is 2.26. The predicted octanol–water partition coefficient (Wildman–Crippen LogP) is 4.25. The van der Waals surface area contributed by atoms with Gasteiger partial charge in [-0.25, -0.2) is 9.37 Å². The van der Waals surface area contributed by atoms with Crippen LogP contribution in [0.5, 0.6) is 0 Å². The monoisotopic (exact) mass is 316 g/mol. The van der Waals surface area contributed by atoms with Crippen molar-refractivity contribution in [2.45, 2.75) is 11.9 Å². The van der Waals surface area contributed by atoms with Crippen molar-refractivity contribution in [2.75, 3.05) is 11.6 Å². The second-order valence-corrected chi connectivity index (χ2v) is 5.57. The molecule has 0 bridgehead atoms. The summed E-state index contributed by atoms with van der Waals surface area (Å²) in [6, 6.07) is 7.77. The van der Waals surface area contributed by atoms with Gasteiger partial charge in [0.15, 0.2) is 5.76 Å². The first-order chi connectivity index (χ1) is 10.6. The van der Waals surface area contributed by atoms with Crippen molar-refractivity contribution in [3.63, 3.8) is 0 Å². The number of rotatable bonds is 3. The maximum atomic E-state index is 13.3. The summed E-state index contributed by atoms with van der Waals surface area (Å²) in [5.41, 5.74) is 1.68. The Hall–Kier alpha value is -2.34. The zero-order chi connectivity index (χ0) is 15.7. The summed E-state index contributed by atoms with van der Waals surface area (Å²) in [4.78, 5) is 16.5. The molecule has 22 heavy (non-hydrogen) atoms. The summed E-state index contributed by atoms with van der Waals surface area (Å²) in [7, 11) is 0. The molecule has 0 fully saturated rings. The molecule has 0 aliphatic heterocycles. The van der Waals surface area contributed by atoms with Gasteiger partial charge in [0.1, 0.15) is 11.4 Å². The zero-order valence-corrected chi connectivity index (χ0v) is 12.8. The summed E-state index contributed by atoms with van der Waals surface area (Å²) in [6.07, 6.45) is 3.51. The first-order valence-electron chi connectivity index (χ1n) is 6.58. The number of carbonyl (C=O) groups excluding carboxylic acids is 1. The van der Waals surface area contributed by atoms with Crippen molar-refractivity contribution in [1.82, 2.24) is 4.98 Å². The average molecular weight is 316 g/mol. The Labute approximate surface area is 130 Å². The van der Waals surface area contributed by atoms with Gasteiger partial charge in [-0.2, -0.15) is 0 Å². The number of aryl methyl sites for hydroxylation is 1. The number of thioether (sulfide) groups is 1. The molecule has 0 atom stereocenters. The molecule has 0 aliphatic carbocycles. The number of hydrogen-bond donors (Lipinski definition) is 1. The molecule has 2 aromatic heterocycles. The number of pyridine rings is 1. The summed E-state index contributed by atoms with van der Waals surface area (Å²) in [6.45, 7) is 1.73. The standard InChI is InChI=1S/C16H13FN2O2S/c1-9-12-7-10(17)3-5-13(12)21-15(9)16(20)19-11-4-6-14(22-2)18-8-11/h3-8H,1-2H3,(H,19,20). The minimum Gasteiger partial charge on any atom is -0.451 e. The number of benzene rings is 1. The van der Waals surface area contributed by atoms with Crippen molar-refractivity contribution in [3.05, 3.63) is 53.7 Å². The molecule has 6 heteroatoms. The highest BCUT2D eigenvalue weighted by molar-refractivity contribution is 7.98. The Morgan fingerprint density at radius 2 is 2.14 bits per heavy atom. The minimum atomic E-state index is -0.382. The number of hydrogen-bond acceptors (Lipinski definition) is 4. The van der Waals surface area contributed by atoms with Crippen LogP contribution in [0.1, 0.15) is 16.1 Å². The lowest BCUT2D eigenvalue weighted by Crippen LogP contribution is -2.12. The number of furan rings is 1. The van der Waals surface area contributed by atoms with Gasteiger partial charge in [0.25, 0.3) is 5.91 Å². The summed E-state index contributed by atoms with van der Waals surface area (Å²) in [5, 5.41) is 4.19. The quantitative estimate of drug-likeness (QED) is 0.734. The third kappa shape index (κ3) is 2.69. The van der Waals surface area contributed by atoms with E-state index in [0.717, 1.165) is 5.03 Å². The number of fused-ring (bicyclic) bond motifs is 1. The molecular formula is C16H13FN2O2S. The van der Waals surface area contributed by atoms with Crippen LogP contribution >= 0.6 is 11.8 Å².